The van der Waals surface area contributed by atoms with Gasteiger partial charge in [0.15, 0.2) is 0 Å². The van der Waals surface area contributed by atoms with E-state index in [2.05, 4.69) is 20.8 Å². The molecule has 19 heavy (non-hydrogen) atoms. The summed E-state index contributed by atoms with van der Waals surface area (Å²) >= 11 is 3.46. The fourth-order valence-corrected chi connectivity index (χ4v) is 2.65. The van der Waals surface area contributed by atoms with Gasteiger partial charge in [-0.1, -0.05) is 6.07 Å². The summed E-state index contributed by atoms with van der Waals surface area (Å²) in [6.07, 6.45) is -0.480. The van der Waals surface area contributed by atoms with Crippen molar-refractivity contribution in [2.75, 3.05) is 39.5 Å². The number of aliphatic hydroxyl groups is 1. The maximum atomic E-state index is 9.99. The smallest absolute Gasteiger partial charge is 0.133 e. The number of aliphatic hydroxyl groups excluding tert-OH is 1. The molecule has 0 bridgehead atoms. The number of rotatable bonds is 5. The lowest BCUT2D eigenvalue weighted by molar-refractivity contribution is 0.00459. The summed E-state index contributed by atoms with van der Waals surface area (Å²) < 4.78 is 11.8. The Morgan fingerprint density at radius 2 is 2.16 bits per heavy atom. The SMILES string of the molecule is Cc1ccc(OCC(O)CN2CCOCC2)c(Br)c1. The number of nitrogens with zero attached hydrogens (tertiary/aromatic N) is 1. The fraction of sp³-hybridized carbons (Fsp3) is 0.571. The van der Waals surface area contributed by atoms with E-state index in [1.165, 1.54) is 5.56 Å². The molecule has 1 aromatic carbocycles. The Bertz CT molecular complexity index is 408. The van der Waals surface area contributed by atoms with Gasteiger partial charge in [-0.2, -0.15) is 0 Å². The number of β-amino-alcohol motifs (C(OH)–C–C–N with tert-alkyl or cyclic N) is 1. The zero-order chi connectivity index (χ0) is 13.7. The van der Waals surface area contributed by atoms with Crippen molar-refractivity contribution in [2.24, 2.45) is 0 Å². The van der Waals surface area contributed by atoms with Crippen molar-refractivity contribution in [2.45, 2.75) is 13.0 Å². The van der Waals surface area contributed by atoms with Crippen LogP contribution in [0.25, 0.3) is 0 Å². The first-order valence-corrected chi connectivity index (χ1v) is 7.31. The molecule has 5 heteroatoms. The molecule has 0 aromatic heterocycles. The van der Waals surface area contributed by atoms with Crippen molar-refractivity contribution in [1.82, 2.24) is 4.90 Å². The number of halogens is 1. The molecule has 0 aliphatic carbocycles. The van der Waals surface area contributed by atoms with Crippen molar-refractivity contribution >= 4 is 15.9 Å². The lowest BCUT2D eigenvalue weighted by Gasteiger charge is -2.28. The van der Waals surface area contributed by atoms with Crippen molar-refractivity contribution in [3.63, 3.8) is 0 Å². The van der Waals surface area contributed by atoms with Gasteiger partial charge in [0, 0.05) is 19.6 Å². The Hall–Kier alpha value is -0.620. The summed E-state index contributed by atoms with van der Waals surface area (Å²) in [4.78, 5) is 2.20. The second kappa shape index (κ2) is 7.24. The van der Waals surface area contributed by atoms with E-state index in [0.717, 1.165) is 36.5 Å². The molecule has 2 rings (SSSR count). The summed E-state index contributed by atoms with van der Waals surface area (Å²) in [5, 5.41) is 9.99. The average molecular weight is 330 g/mol. The predicted molar refractivity (Wildman–Crippen MR) is 77.6 cm³/mol. The first kappa shape index (κ1) is 14.8. The normalized spacial score (nSPS) is 18.3. The number of hydrogen-bond acceptors (Lipinski definition) is 4. The maximum absolute atomic E-state index is 9.99. The van der Waals surface area contributed by atoms with Crippen LogP contribution in [-0.2, 0) is 4.74 Å². The number of benzene rings is 1. The Balaban J connectivity index is 1.77. The van der Waals surface area contributed by atoms with Gasteiger partial charge in [0.25, 0.3) is 0 Å². The van der Waals surface area contributed by atoms with Crippen LogP contribution in [0.15, 0.2) is 22.7 Å². The van der Waals surface area contributed by atoms with Crippen LogP contribution in [0.5, 0.6) is 5.75 Å². The summed E-state index contributed by atoms with van der Waals surface area (Å²) in [5.74, 6) is 0.770. The van der Waals surface area contributed by atoms with Gasteiger partial charge in [-0.15, -0.1) is 0 Å². The van der Waals surface area contributed by atoms with Crippen molar-refractivity contribution in [3.05, 3.63) is 28.2 Å². The Kier molecular flexibility index (Phi) is 5.63. The quantitative estimate of drug-likeness (QED) is 0.894. The molecule has 4 nitrogen and oxygen atoms in total. The molecule has 1 aromatic rings. The molecule has 1 unspecified atom stereocenters. The number of ether oxygens (including phenoxy) is 2. The van der Waals surface area contributed by atoms with Crippen LogP contribution in [0.1, 0.15) is 5.56 Å². The van der Waals surface area contributed by atoms with E-state index in [4.69, 9.17) is 9.47 Å². The minimum absolute atomic E-state index is 0.305. The van der Waals surface area contributed by atoms with Crippen molar-refractivity contribution in [3.8, 4) is 5.75 Å². The van der Waals surface area contributed by atoms with Gasteiger partial charge in [-0.05, 0) is 40.5 Å². The highest BCUT2D eigenvalue weighted by Gasteiger charge is 2.15. The average Bonchev–Trinajstić information content (AvgIpc) is 2.39. The number of morpholine rings is 1. The van der Waals surface area contributed by atoms with Crippen molar-refractivity contribution < 1.29 is 14.6 Å². The molecule has 106 valence electrons. The Labute approximate surface area is 122 Å². The van der Waals surface area contributed by atoms with Gasteiger partial charge >= 0.3 is 0 Å². The largest absolute Gasteiger partial charge is 0.490 e. The van der Waals surface area contributed by atoms with E-state index in [1.54, 1.807) is 0 Å². The van der Waals surface area contributed by atoms with Crippen LogP contribution in [-0.4, -0.2) is 55.6 Å². The van der Waals surface area contributed by atoms with E-state index in [-0.39, 0.29) is 0 Å². The van der Waals surface area contributed by atoms with Gasteiger partial charge in [0.05, 0.1) is 17.7 Å². The molecular weight excluding hydrogens is 310 g/mol. The van der Waals surface area contributed by atoms with Gasteiger partial charge in [-0.25, -0.2) is 0 Å². The minimum Gasteiger partial charge on any atom is -0.490 e. The summed E-state index contributed by atoms with van der Waals surface area (Å²) in [5.41, 5.74) is 1.17. The van der Waals surface area contributed by atoms with E-state index >= 15 is 0 Å². The maximum Gasteiger partial charge on any atom is 0.133 e. The van der Waals surface area contributed by atoms with E-state index in [9.17, 15) is 5.11 Å². The zero-order valence-electron chi connectivity index (χ0n) is 11.1. The predicted octanol–water partition coefficient (Wildman–Crippen LogP) is 1.83. The van der Waals surface area contributed by atoms with E-state index in [1.807, 2.05) is 25.1 Å². The van der Waals surface area contributed by atoms with Gasteiger partial charge in [0.1, 0.15) is 18.5 Å². The lowest BCUT2D eigenvalue weighted by atomic mass is 10.2. The summed E-state index contributed by atoms with van der Waals surface area (Å²) in [6.45, 7) is 6.22. The second-order valence-corrected chi connectivity index (χ2v) is 5.67. The summed E-state index contributed by atoms with van der Waals surface area (Å²) in [7, 11) is 0. The van der Waals surface area contributed by atoms with Crippen LogP contribution in [0.3, 0.4) is 0 Å². The molecule has 0 radical (unpaired) electrons. The molecule has 1 atom stereocenters. The third-order valence-electron chi connectivity index (χ3n) is 3.09. The zero-order valence-corrected chi connectivity index (χ0v) is 12.7. The first-order valence-electron chi connectivity index (χ1n) is 6.52. The highest BCUT2D eigenvalue weighted by molar-refractivity contribution is 9.10. The third kappa shape index (κ3) is 4.76. The molecule has 1 fully saturated rings. The van der Waals surface area contributed by atoms with Crippen LogP contribution in [0.2, 0.25) is 0 Å². The molecule has 1 heterocycles. The molecule has 1 saturated heterocycles. The van der Waals surface area contributed by atoms with Gasteiger partial charge < -0.3 is 14.6 Å². The van der Waals surface area contributed by atoms with Crippen LogP contribution >= 0.6 is 15.9 Å². The number of hydrogen-bond donors (Lipinski definition) is 1. The topological polar surface area (TPSA) is 41.9 Å². The first-order chi connectivity index (χ1) is 9.15. The second-order valence-electron chi connectivity index (χ2n) is 4.81. The highest BCUT2D eigenvalue weighted by atomic mass is 79.9. The number of aryl methyl sites for hydroxylation is 1. The molecule has 0 amide bonds. The molecule has 1 aliphatic heterocycles. The standard InChI is InChI=1S/C14H20BrNO3/c1-11-2-3-14(13(15)8-11)19-10-12(17)9-16-4-6-18-7-5-16/h2-3,8,12,17H,4-7,9-10H2,1H3. The van der Waals surface area contributed by atoms with Crippen LogP contribution in [0.4, 0.5) is 0 Å². The fourth-order valence-electron chi connectivity index (χ4n) is 2.04. The Morgan fingerprint density at radius 1 is 1.42 bits per heavy atom. The van der Waals surface area contributed by atoms with Gasteiger partial charge in [-0.3, -0.25) is 4.90 Å². The van der Waals surface area contributed by atoms with Crippen molar-refractivity contribution in [1.29, 1.82) is 0 Å². The molecule has 0 spiro atoms. The minimum atomic E-state index is -0.480. The van der Waals surface area contributed by atoms with E-state index in [0.29, 0.717) is 13.2 Å². The monoisotopic (exact) mass is 329 g/mol. The highest BCUT2D eigenvalue weighted by Crippen LogP contribution is 2.25. The van der Waals surface area contributed by atoms with Crippen LogP contribution < -0.4 is 4.74 Å². The summed E-state index contributed by atoms with van der Waals surface area (Å²) in [6, 6.07) is 5.92. The van der Waals surface area contributed by atoms with Gasteiger partial charge in [0.2, 0.25) is 0 Å². The lowest BCUT2D eigenvalue weighted by Crippen LogP contribution is -2.42. The Morgan fingerprint density at radius 3 is 2.84 bits per heavy atom. The van der Waals surface area contributed by atoms with E-state index < -0.39 is 6.10 Å². The molecular formula is C14H20BrNO3. The third-order valence-corrected chi connectivity index (χ3v) is 3.71. The molecule has 1 aliphatic rings. The molecule has 0 saturated carbocycles. The molecule has 1 N–H and O–H groups in total. The van der Waals surface area contributed by atoms with Crippen LogP contribution in [0, 0.1) is 6.92 Å².